The summed E-state index contributed by atoms with van der Waals surface area (Å²) in [4.78, 5) is 25.3. The van der Waals surface area contributed by atoms with Crippen LogP contribution in [0.5, 0.6) is 0 Å². The fourth-order valence-corrected chi connectivity index (χ4v) is 6.53. The van der Waals surface area contributed by atoms with Gasteiger partial charge in [-0.3, -0.25) is 9.59 Å². The number of carbonyl (C=O) groups excluding carboxylic acids is 2. The number of hydrogen-bond donors (Lipinski definition) is 0. The summed E-state index contributed by atoms with van der Waals surface area (Å²) in [6.45, 7) is 4.12. The SMILES string of the molecule is Cc1ccc(C2CC(=O)C3=C(S2)SC(c2ccc(C)cc2)CC3=O)cc1. The van der Waals surface area contributed by atoms with Gasteiger partial charge in [-0.05, 0) is 25.0 Å². The second kappa shape index (κ2) is 7.09. The van der Waals surface area contributed by atoms with Crippen molar-refractivity contribution in [1.29, 1.82) is 0 Å². The molecule has 0 spiro atoms. The maximum Gasteiger partial charge on any atom is 0.169 e. The first-order chi connectivity index (χ1) is 12.5. The van der Waals surface area contributed by atoms with Gasteiger partial charge < -0.3 is 0 Å². The molecule has 2 aromatic rings. The quantitative estimate of drug-likeness (QED) is 0.625. The van der Waals surface area contributed by atoms with E-state index >= 15 is 0 Å². The highest BCUT2D eigenvalue weighted by Crippen LogP contribution is 2.55. The third-order valence-electron chi connectivity index (χ3n) is 4.90. The maximum atomic E-state index is 12.7. The molecule has 132 valence electrons. The van der Waals surface area contributed by atoms with Gasteiger partial charge in [-0.2, -0.15) is 0 Å². The summed E-state index contributed by atoms with van der Waals surface area (Å²) in [6.07, 6.45) is 0.822. The lowest BCUT2D eigenvalue weighted by atomic mass is 9.95. The van der Waals surface area contributed by atoms with Gasteiger partial charge in [0.1, 0.15) is 0 Å². The van der Waals surface area contributed by atoms with Crippen molar-refractivity contribution in [2.24, 2.45) is 0 Å². The van der Waals surface area contributed by atoms with Crippen molar-refractivity contribution in [2.45, 2.75) is 37.2 Å². The van der Waals surface area contributed by atoms with Crippen LogP contribution in [0.2, 0.25) is 0 Å². The zero-order valence-electron chi connectivity index (χ0n) is 14.8. The molecule has 2 atom stereocenters. The molecule has 2 aliphatic heterocycles. The summed E-state index contributed by atoms with van der Waals surface area (Å²) in [5.41, 5.74) is 5.19. The van der Waals surface area contributed by atoms with Crippen LogP contribution in [0.3, 0.4) is 0 Å². The Bertz CT molecular complexity index is 821. The number of ketones is 2. The second-order valence-electron chi connectivity index (χ2n) is 6.95. The molecule has 2 unspecified atom stereocenters. The normalized spacial score (nSPS) is 23.2. The van der Waals surface area contributed by atoms with Crippen LogP contribution in [-0.4, -0.2) is 11.6 Å². The smallest absolute Gasteiger partial charge is 0.169 e. The fourth-order valence-electron chi connectivity index (χ4n) is 3.35. The first-order valence-electron chi connectivity index (χ1n) is 8.78. The summed E-state index contributed by atoms with van der Waals surface area (Å²) in [5, 5.41) is 0.192. The van der Waals surface area contributed by atoms with Crippen molar-refractivity contribution in [3.05, 3.63) is 80.6 Å². The first kappa shape index (κ1) is 17.6. The molecule has 2 aliphatic rings. The zero-order chi connectivity index (χ0) is 18.3. The van der Waals surface area contributed by atoms with Crippen LogP contribution in [0.25, 0.3) is 0 Å². The van der Waals surface area contributed by atoms with Gasteiger partial charge in [0.15, 0.2) is 11.6 Å². The molecule has 2 nitrogen and oxygen atoms in total. The average Bonchev–Trinajstić information content (AvgIpc) is 2.62. The van der Waals surface area contributed by atoms with Gasteiger partial charge in [-0.15, -0.1) is 23.5 Å². The second-order valence-corrected chi connectivity index (χ2v) is 9.64. The number of aryl methyl sites for hydroxylation is 2. The molecule has 0 aromatic heterocycles. The van der Waals surface area contributed by atoms with E-state index in [0.717, 1.165) is 15.4 Å². The Morgan fingerprint density at radius 2 is 1.08 bits per heavy atom. The summed E-state index contributed by atoms with van der Waals surface area (Å²) >= 11 is 3.37. The van der Waals surface area contributed by atoms with Gasteiger partial charge in [0.2, 0.25) is 0 Å². The molecule has 0 radical (unpaired) electrons. The van der Waals surface area contributed by atoms with E-state index in [9.17, 15) is 9.59 Å². The van der Waals surface area contributed by atoms with Gasteiger partial charge >= 0.3 is 0 Å². The summed E-state index contributed by atoms with van der Waals surface area (Å²) in [6, 6.07) is 16.7. The van der Waals surface area contributed by atoms with Crippen LogP contribution in [-0.2, 0) is 9.59 Å². The lowest BCUT2D eigenvalue weighted by Gasteiger charge is -2.31. The van der Waals surface area contributed by atoms with Crippen LogP contribution in [0, 0.1) is 13.8 Å². The minimum absolute atomic E-state index is 0.00387. The number of allylic oxidation sites excluding steroid dienone is 1. The standard InChI is InChI=1S/C22H20O2S2/c1-13-3-7-15(8-4-13)19-11-17(23)21-18(24)12-20(26-22(21)25-19)16-9-5-14(2)6-10-16/h3-10,19-20H,11-12H2,1-2H3. The van der Waals surface area contributed by atoms with Gasteiger partial charge in [0.05, 0.1) is 9.81 Å². The molecule has 0 saturated heterocycles. The lowest BCUT2D eigenvalue weighted by molar-refractivity contribution is -0.121. The van der Waals surface area contributed by atoms with Gasteiger partial charge in [0.25, 0.3) is 0 Å². The Morgan fingerprint density at radius 3 is 1.46 bits per heavy atom. The number of hydrogen-bond acceptors (Lipinski definition) is 4. The number of rotatable bonds is 2. The van der Waals surface area contributed by atoms with E-state index in [1.807, 2.05) is 0 Å². The van der Waals surface area contributed by atoms with Crippen LogP contribution in [0.15, 0.2) is 58.3 Å². The molecule has 0 saturated carbocycles. The van der Waals surface area contributed by atoms with E-state index in [0.29, 0.717) is 18.4 Å². The average molecular weight is 381 g/mol. The molecule has 4 rings (SSSR count). The number of carbonyl (C=O) groups is 2. The van der Waals surface area contributed by atoms with E-state index < -0.39 is 0 Å². The van der Waals surface area contributed by atoms with Crippen LogP contribution in [0.4, 0.5) is 0 Å². The Labute approximate surface area is 162 Å². The first-order valence-corrected chi connectivity index (χ1v) is 10.5. The molecule has 0 aliphatic carbocycles. The minimum Gasteiger partial charge on any atom is -0.294 e. The molecule has 26 heavy (non-hydrogen) atoms. The number of benzene rings is 2. The van der Waals surface area contributed by atoms with Crippen LogP contribution >= 0.6 is 23.5 Å². The van der Waals surface area contributed by atoms with E-state index in [2.05, 4.69) is 62.4 Å². The predicted octanol–water partition coefficient (Wildman–Crippen LogP) is 5.71. The third-order valence-corrected chi connectivity index (χ3v) is 7.76. The Hall–Kier alpha value is -1.78. The Balaban J connectivity index is 1.62. The fraction of sp³-hybridized carbons (Fsp3) is 0.273. The highest BCUT2D eigenvalue weighted by atomic mass is 32.2. The van der Waals surface area contributed by atoms with Crippen LogP contribution < -0.4 is 0 Å². The summed E-state index contributed by atoms with van der Waals surface area (Å²) in [7, 11) is 0. The molecular formula is C22H20O2S2. The Kier molecular flexibility index (Phi) is 4.80. The molecule has 0 bridgehead atoms. The number of thioether (sulfide) groups is 2. The zero-order valence-corrected chi connectivity index (χ0v) is 16.5. The van der Waals surface area contributed by atoms with Gasteiger partial charge in [-0.1, -0.05) is 59.7 Å². The summed E-state index contributed by atoms with van der Waals surface area (Å²) in [5.74, 6) is 0.00774. The highest BCUT2D eigenvalue weighted by Gasteiger charge is 2.38. The predicted molar refractivity (Wildman–Crippen MR) is 109 cm³/mol. The van der Waals surface area contributed by atoms with Crippen molar-refractivity contribution in [2.75, 3.05) is 0 Å². The van der Waals surface area contributed by atoms with Crippen molar-refractivity contribution in [3.8, 4) is 0 Å². The monoisotopic (exact) mass is 380 g/mol. The van der Waals surface area contributed by atoms with E-state index in [4.69, 9.17) is 0 Å². The van der Waals surface area contributed by atoms with Crippen molar-refractivity contribution < 1.29 is 9.59 Å². The van der Waals surface area contributed by atoms with Crippen molar-refractivity contribution in [3.63, 3.8) is 0 Å². The third kappa shape index (κ3) is 3.40. The highest BCUT2D eigenvalue weighted by molar-refractivity contribution is 8.22. The van der Waals surface area contributed by atoms with E-state index in [1.54, 1.807) is 23.5 Å². The molecule has 0 N–H and O–H groups in total. The molecule has 0 amide bonds. The Morgan fingerprint density at radius 1 is 0.692 bits per heavy atom. The maximum absolute atomic E-state index is 12.7. The lowest BCUT2D eigenvalue weighted by Crippen LogP contribution is -2.24. The van der Waals surface area contributed by atoms with Gasteiger partial charge in [-0.25, -0.2) is 0 Å². The number of Topliss-reactive ketones (excluding diaryl/α,β-unsaturated/α-hetero) is 2. The summed E-state index contributed by atoms with van der Waals surface area (Å²) < 4.78 is 0.911. The van der Waals surface area contributed by atoms with Crippen LogP contribution in [0.1, 0.15) is 45.6 Å². The molecule has 2 aromatic carbocycles. The molecule has 0 fully saturated rings. The topological polar surface area (TPSA) is 34.1 Å². The minimum atomic E-state index is 0.00387. The van der Waals surface area contributed by atoms with Crippen molar-refractivity contribution >= 4 is 35.1 Å². The van der Waals surface area contributed by atoms with E-state index in [-0.39, 0.29) is 22.1 Å². The van der Waals surface area contributed by atoms with Gasteiger partial charge in [0, 0.05) is 23.3 Å². The largest absolute Gasteiger partial charge is 0.294 e. The van der Waals surface area contributed by atoms with E-state index in [1.165, 1.54) is 11.1 Å². The molecular weight excluding hydrogens is 360 g/mol. The molecule has 2 heterocycles. The molecule has 4 heteroatoms. The van der Waals surface area contributed by atoms with Crippen molar-refractivity contribution in [1.82, 2.24) is 0 Å².